The molecule has 8 nitrogen and oxygen atoms in total. The zero-order valence-electron chi connectivity index (χ0n) is 14.6. The maximum absolute atomic E-state index is 11.9. The van der Waals surface area contributed by atoms with E-state index in [2.05, 4.69) is 10.6 Å². The number of hydrogen-bond acceptors (Lipinski definition) is 5. The van der Waals surface area contributed by atoms with Crippen molar-refractivity contribution in [3.63, 3.8) is 0 Å². The van der Waals surface area contributed by atoms with Gasteiger partial charge in [0.05, 0.1) is 12.6 Å². The molecular weight excluding hydrogens is 397 g/mol. The molecule has 1 fully saturated rings. The molecule has 2 rings (SSSR count). The second-order valence-electron chi connectivity index (χ2n) is 5.92. The molecule has 1 heterocycles. The number of benzene rings is 1. The smallest absolute Gasteiger partial charge is 0.324 e. The Morgan fingerprint density at radius 3 is 2.70 bits per heavy atom. The summed E-state index contributed by atoms with van der Waals surface area (Å²) in [6.07, 6.45) is 0.249. The number of urea groups is 1. The number of ether oxygens (including phenoxy) is 1. The molecule has 1 aromatic carbocycles. The molecule has 1 aliphatic rings. The highest BCUT2D eigenvalue weighted by Gasteiger charge is 2.27. The Kier molecular flexibility index (Phi) is 7.44. The van der Waals surface area contributed by atoms with E-state index in [-0.39, 0.29) is 37.9 Å². The summed E-state index contributed by atoms with van der Waals surface area (Å²) in [4.78, 5) is 47.4. The maximum Gasteiger partial charge on any atom is 0.324 e. The summed E-state index contributed by atoms with van der Waals surface area (Å²) < 4.78 is 4.90. The predicted molar refractivity (Wildman–Crippen MR) is 98.3 cm³/mol. The van der Waals surface area contributed by atoms with Gasteiger partial charge >= 0.3 is 12.0 Å². The first-order chi connectivity index (χ1) is 12.8. The third-order valence-corrected chi connectivity index (χ3v) is 4.43. The third kappa shape index (κ3) is 6.11. The largest absolute Gasteiger partial charge is 0.456 e. The van der Waals surface area contributed by atoms with Crippen molar-refractivity contribution >= 4 is 47.0 Å². The van der Waals surface area contributed by atoms with E-state index < -0.39 is 24.5 Å². The number of carbonyl (C=O) groups is 4. The Labute approximate surface area is 166 Å². The second-order valence-corrected chi connectivity index (χ2v) is 6.77. The van der Waals surface area contributed by atoms with Crippen molar-refractivity contribution in [2.24, 2.45) is 0 Å². The van der Waals surface area contributed by atoms with Crippen LogP contribution in [-0.2, 0) is 19.1 Å². The monoisotopic (exact) mass is 415 g/mol. The van der Waals surface area contributed by atoms with Gasteiger partial charge in [-0.1, -0.05) is 29.3 Å². The molecule has 0 saturated carbocycles. The van der Waals surface area contributed by atoms with Crippen LogP contribution in [0.2, 0.25) is 10.0 Å². The third-order valence-electron chi connectivity index (χ3n) is 3.87. The number of esters is 1. The van der Waals surface area contributed by atoms with Gasteiger partial charge in [-0.2, -0.15) is 0 Å². The van der Waals surface area contributed by atoms with E-state index in [0.29, 0.717) is 15.6 Å². The van der Waals surface area contributed by atoms with E-state index in [4.69, 9.17) is 27.9 Å². The van der Waals surface area contributed by atoms with E-state index in [1.165, 1.54) is 0 Å². The Morgan fingerprint density at radius 1 is 1.33 bits per heavy atom. The molecule has 1 saturated heterocycles. The van der Waals surface area contributed by atoms with Crippen molar-refractivity contribution in [2.75, 3.05) is 19.7 Å². The fraction of sp³-hybridized carbons (Fsp3) is 0.412. The van der Waals surface area contributed by atoms with Gasteiger partial charge in [0.1, 0.15) is 0 Å². The van der Waals surface area contributed by atoms with E-state index in [9.17, 15) is 19.2 Å². The van der Waals surface area contributed by atoms with Crippen molar-refractivity contribution in [3.8, 4) is 0 Å². The van der Waals surface area contributed by atoms with Crippen LogP contribution in [-0.4, -0.2) is 48.4 Å². The quantitative estimate of drug-likeness (QED) is 0.499. The summed E-state index contributed by atoms with van der Waals surface area (Å²) in [5.74, 6) is -1.40. The molecule has 1 aliphatic heterocycles. The van der Waals surface area contributed by atoms with Crippen LogP contribution in [0.15, 0.2) is 18.2 Å². The number of imide groups is 1. The first kappa shape index (κ1) is 21.0. The molecule has 2 N–H and O–H groups in total. The molecule has 0 radical (unpaired) electrons. The van der Waals surface area contributed by atoms with Gasteiger partial charge in [0, 0.05) is 23.0 Å². The van der Waals surface area contributed by atoms with Crippen molar-refractivity contribution in [1.29, 1.82) is 0 Å². The number of rotatable bonds is 8. The van der Waals surface area contributed by atoms with Gasteiger partial charge in [0.15, 0.2) is 6.61 Å². The highest BCUT2D eigenvalue weighted by Crippen LogP contribution is 2.25. The molecule has 0 bridgehead atoms. The van der Waals surface area contributed by atoms with Crippen LogP contribution in [0, 0.1) is 0 Å². The standard InChI is InChI=1S/C17H19Cl2N3O5/c1-10(12-5-4-11(18)7-13(12)19)21-14(23)9-27-16(25)3-2-6-22-15(24)8-20-17(22)26/h4-5,7,10H,2-3,6,8-9H2,1H3,(H,20,26)(H,21,23)/t10-/m0/s1. The maximum atomic E-state index is 11.9. The first-order valence-electron chi connectivity index (χ1n) is 8.26. The number of nitrogens with zero attached hydrogens (tertiary/aromatic N) is 1. The normalized spacial score (nSPS) is 14.7. The zero-order chi connectivity index (χ0) is 20.0. The van der Waals surface area contributed by atoms with Crippen LogP contribution < -0.4 is 10.6 Å². The first-order valence-corrected chi connectivity index (χ1v) is 9.01. The van der Waals surface area contributed by atoms with Crippen molar-refractivity contribution in [3.05, 3.63) is 33.8 Å². The molecule has 0 aliphatic carbocycles. The molecule has 1 atom stereocenters. The number of hydrogen-bond donors (Lipinski definition) is 2. The molecule has 1 aromatic rings. The minimum Gasteiger partial charge on any atom is -0.456 e. The molecule has 0 spiro atoms. The zero-order valence-corrected chi connectivity index (χ0v) is 16.1. The van der Waals surface area contributed by atoms with E-state index >= 15 is 0 Å². The second kappa shape index (κ2) is 9.57. The summed E-state index contributed by atoms with van der Waals surface area (Å²) in [5.41, 5.74) is 0.689. The van der Waals surface area contributed by atoms with Crippen LogP contribution in [0.4, 0.5) is 4.79 Å². The molecule has 4 amide bonds. The number of nitrogens with one attached hydrogen (secondary N) is 2. The minimum atomic E-state index is -0.589. The highest BCUT2D eigenvalue weighted by molar-refractivity contribution is 6.35. The molecular formula is C17H19Cl2N3O5. The van der Waals surface area contributed by atoms with Gasteiger partial charge in [-0.3, -0.25) is 19.3 Å². The Bertz CT molecular complexity index is 740. The summed E-state index contributed by atoms with van der Waals surface area (Å²) in [5, 5.41) is 5.98. The van der Waals surface area contributed by atoms with E-state index in [1.54, 1.807) is 25.1 Å². The van der Waals surface area contributed by atoms with Gasteiger partial charge in [0.25, 0.3) is 5.91 Å². The fourth-order valence-electron chi connectivity index (χ4n) is 2.49. The lowest BCUT2D eigenvalue weighted by molar-refractivity contribution is -0.149. The number of amides is 4. The van der Waals surface area contributed by atoms with Gasteiger partial charge in [-0.25, -0.2) is 4.79 Å². The van der Waals surface area contributed by atoms with Crippen LogP contribution in [0.25, 0.3) is 0 Å². The number of halogens is 2. The topological polar surface area (TPSA) is 105 Å². The lowest BCUT2D eigenvalue weighted by Gasteiger charge is -2.16. The van der Waals surface area contributed by atoms with Gasteiger partial charge in [0.2, 0.25) is 5.91 Å². The van der Waals surface area contributed by atoms with Crippen molar-refractivity contribution in [2.45, 2.75) is 25.8 Å². The molecule has 146 valence electrons. The lowest BCUT2D eigenvalue weighted by Crippen LogP contribution is -2.33. The lowest BCUT2D eigenvalue weighted by atomic mass is 10.1. The molecule has 0 aromatic heterocycles. The summed E-state index contributed by atoms with van der Waals surface area (Å²) in [6.45, 7) is 1.40. The molecule has 27 heavy (non-hydrogen) atoms. The Morgan fingerprint density at radius 2 is 2.07 bits per heavy atom. The minimum absolute atomic E-state index is 0.0110. The van der Waals surface area contributed by atoms with Crippen LogP contribution in [0.3, 0.4) is 0 Å². The molecule has 0 unspecified atom stereocenters. The Balaban J connectivity index is 1.69. The number of carbonyl (C=O) groups excluding carboxylic acids is 4. The summed E-state index contributed by atoms with van der Waals surface area (Å²) >= 11 is 11.9. The van der Waals surface area contributed by atoms with Gasteiger partial charge in [-0.15, -0.1) is 0 Å². The summed E-state index contributed by atoms with van der Waals surface area (Å²) in [6, 6.07) is 4.09. The molecule has 10 heteroatoms. The van der Waals surface area contributed by atoms with Crippen LogP contribution in [0.5, 0.6) is 0 Å². The average molecular weight is 416 g/mol. The van der Waals surface area contributed by atoms with E-state index in [0.717, 1.165) is 4.90 Å². The Hall–Kier alpha value is -2.32. The summed E-state index contributed by atoms with van der Waals surface area (Å²) in [7, 11) is 0. The van der Waals surface area contributed by atoms with Gasteiger partial charge in [-0.05, 0) is 31.0 Å². The van der Waals surface area contributed by atoms with Gasteiger partial charge < -0.3 is 15.4 Å². The van der Waals surface area contributed by atoms with Crippen LogP contribution >= 0.6 is 23.2 Å². The van der Waals surface area contributed by atoms with Crippen LogP contribution in [0.1, 0.15) is 31.4 Å². The van der Waals surface area contributed by atoms with E-state index in [1.807, 2.05) is 0 Å². The fourth-order valence-corrected chi connectivity index (χ4v) is 3.07. The average Bonchev–Trinajstić information content (AvgIpc) is 2.91. The SMILES string of the molecule is C[C@H](NC(=O)COC(=O)CCCN1C(=O)CNC1=O)c1ccc(Cl)cc1Cl. The van der Waals surface area contributed by atoms with Crippen molar-refractivity contribution in [1.82, 2.24) is 15.5 Å². The van der Waals surface area contributed by atoms with Crippen molar-refractivity contribution < 1.29 is 23.9 Å². The predicted octanol–water partition coefficient (Wildman–Crippen LogP) is 2.05. The highest BCUT2D eigenvalue weighted by atomic mass is 35.5.